The predicted octanol–water partition coefficient (Wildman–Crippen LogP) is 2.13. The number of rotatable bonds is 4. The minimum absolute atomic E-state index is 0.234. The van der Waals surface area contributed by atoms with E-state index >= 15 is 0 Å². The highest BCUT2D eigenvalue weighted by atomic mass is 16.5. The summed E-state index contributed by atoms with van der Waals surface area (Å²) in [7, 11) is 0. The van der Waals surface area contributed by atoms with Crippen molar-refractivity contribution in [3.8, 4) is 23.8 Å². The van der Waals surface area contributed by atoms with Gasteiger partial charge in [0.1, 0.15) is 18.1 Å². The lowest BCUT2D eigenvalue weighted by molar-refractivity contribution is 0.368. The number of terminal acetylenes is 1. The molecule has 0 unspecified atom stereocenters. The van der Waals surface area contributed by atoms with Gasteiger partial charge in [0.05, 0.1) is 0 Å². The monoisotopic (exact) mass is 188 g/mol. The zero-order chi connectivity index (χ0) is 10.4. The lowest BCUT2D eigenvalue weighted by atomic mass is 10.1. The van der Waals surface area contributed by atoms with Crippen molar-refractivity contribution in [1.82, 2.24) is 0 Å². The average Bonchev–Trinajstić information content (AvgIpc) is 2.19. The molecule has 0 saturated carbocycles. The van der Waals surface area contributed by atoms with E-state index in [2.05, 4.69) is 12.5 Å². The molecule has 0 aliphatic rings. The molecule has 0 heterocycles. The Morgan fingerprint density at radius 1 is 1.57 bits per heavy atom. The van der Waals surface area contributed by atoms with Crippen LogP contribution in [-0.2, 0) is 6.42 Å². The van der Waals surface area contributed by atoms with Crippen LogP contribution in [0, 0.1) is 12.3 Å². The first-order valence-electron chi connectivity index (χ1n) is 4.27. The van der Waals surface area contributed by atoms with E-state index in [0.717, 1.165) is 5.56 Å². The van der Waals surface area contributed by atoms with Crippen molar-refractivity contribution in [1.29, 1.82) is 0 Å². The van der Waals surface area contributed by atoms with Gasteiger partial charge < -0.3 is 9.84 Å². The Bertz CT molecular complexity index is 361. The Morgan fingerprint density at radius 3 is 3.00 bits per heavy atom. The van der Waals surface area contributed by atoms with Crippen LogP contribution in [0.3, 0.4) is 0 Å². The van der Waals surface area contributed by atoms with Crippen LogP contribution in [0.25, 0.3) is 0 Å². The summed E-state index contributed by atoms with van der Waals surface area (Å²) >= 11 is 0. The summed E-state index contributed by atoms with van der Waals surface area (Å²) in [6, 6.07) is 5.03. The van der Waals surface area contributed by atoms with Crippen molar-refractivity contribution >= 4 is 0 Å². The third-order valence-electron chi connectivity index (χ3n) is 1.74. The van der Waals surface area contributed by atoms with Crippen LogP contribution in [0.1, 0.15) is 5.56 Å². The van der Waals surface area contributed by atoms with Crippen LogP contribution >= 0.6 is 0 Å². The number of benzene rings is 1. The van der Waals surface area contributed by atoms with Crippen molar-refractivity contribution < 1.29 is 9.84 Å². The lowest BCUT2D eigenvalue weighted by Crippen LogP contribution is -1.94. The van der Waals surface area contributed by atoms with Crippen molar-refractivity contribution in [2.24, 2.45) is 0 Å². The van der Waals surface area contributed by atoms with Gasteiger partial charge in [-0.15, -0.1) is 13.0 Å². The molecule has 1 aromatic carbocycles. The van der Waals surface area contributed by atoms with E-state index in [-0.39, 0.29) is 12.4 Å². The molecule has 0 bridgehead atoms. The molecule has 0 aliphatic carbocycles. The fourth-order valence-electron chi connectivity index (χ4n) is 1.10. The molecule has 0 fully saturated rings. The molecule has 2 heteroatoms. The van der Waals surface area contributed by atoms with Gasteiger partial charge in [0.2, 0.25) is 0 Å². The van der Waals surface area contributed by atoms with E-state index in [9.17, 15) is 5.11 Å². The maximum atomic E-state index is 9.45. The number of hydrogen-bond acceptors (Lipinski definition) is 2. The highest BCUT2D eigenvalue weighted by Gasteiger charge is 2.01. The summed E-state index contributed by atoms with van der Waals surface area (Å²) < 4.78 is 5.22. The summed E-state index contributed by atoms with van der Waals surface area (Å²) in [5.41, 5.74) is 0.787. The fourth-order valence-corrected chi connectivity index (χ4v) is 1.10. The topological polar surface area (TPSA) is 29.5 Å². The zero-order valence-corrected chi connectivity index (χ0v) is 7.86. The SMILES string of the molecule is C#CCOc1ccc(O)c(CC=C)c1. The molecule has 0 saturated heterocycles. The van der Waals surface area contributed by atoms with Gasteiger partial charge in [-0.2, -0.15) is 0 Å². The molecule has 72 valence electrons. The van der Waals surface area contributed by atoms with Gasteiger partial charge in [0.15, 0.2) is 0 Å². The molecule has 2 nitrogen and oxygen atoms in total. The van der Waals surface area contributed by atoms with Crippen molar-refractivity contribution in [3.63, 3.8) is 0 Å². The Hall–Kier alpha value is -1.88. The number of allylic oxidation sites excluding steroid dienone is 1. The number of ether oxygens (including phenoxy) is 1. The first kappa shape index (κ1) is 10.2. The van der Waals surface area contributed by atoms with E-state index in [0.29, 0.717) is 12.2 Å². The molecule has 0 aromatic heterocycles. The standard InChI is InChI=1S/C12H12O2/c1-3-5-10-9-11(14-8-4-2)6-7-12(10)13/h2-3,6-7,9,13H,1,5,8H2. The third-order valence-corrected chi connectivity index (χ3v) is 1.74. The molecule has 0 spiro atoms. The second kappa shape index (κ2) is 4.98. The molecule has 14 heavy (non-hydrogen) atoms. The predicted molar refractivity (Wildman–Crippen MR) is 56.3 cm³/mol. The number of phenolic OH excluding ortho intramolecular Hbond substituents is 1. The largest absolute Gasteiger partial charge is 0.508 e. The van der Waals surface area contributed by atoms with Gasteiger partial charge in [-0.3, -0.25) is 0 Å². The smallest absolute Gasteiger partial charge is 0.148 e. The Kier molecular flexibility index (Phi) is 3.63. The molecule has 0 radical (unpaired) electrons. The molecule has 0 atom stereocenters. The second-order valence-electron chi connectivity index (χ2n) is 2.78. The van der Waals surface area contributed by atoms with Gasteiger partial charge in [0.25, 0.3) is 0 Å². The van der Waals surface area contributed by atoms with Crippen molar-refractivity contribution in [2.45, 2.75) is 6.42 Å². The molecular formula is C12H12O2. The Labute approximate surface area is 83.8 Å². The van der Waals surface area contributed by atoms with E-state index in [1.54, 1.807) is 24.3 Å². The Balaban J connectivity index is 2.83. The van der Waals surface area contributed by atoms with Crippen LogP contribution in [-0.4, -0.2) is 11.7 Å². The second-order valence-corrected chi connectivity index (χ2v) is 2.78. The van der Waals surface area contributed by atoms with E-state index in [1.807, 2.05) is 0 Å². The number of hydrogen-bond donors (Lipinski definition) is 1. The maximum Gasteiger partial charge on any atom is 0.148 e. The van der Waals surface area contributed by atoms with Crippen LogP contribution < -0.4 is 4.74 Å². The number of aromatic hydroxyl groups is 1. The highest BCUT2D eigenvalue weighted by Crippen LogP contribution is 2.23. The maximum absolute atomic E-state index is 9.45. The van der Waals surface area contributed by atoms with Crippen LogP contribution in [0.5, 0.6) is 11.5 Å². The van der Waals surface area contributed by atoms with Gasteiger partial charge in [-0.25, -0.2) is 0 Å². The Morgan fingerprint density at radius 2 is 2.36 bits per heavy atom. The quantitative estimate of drug-likeness (QED) is 0.579. The molecule has 0 amide bonds. The van der Waals surface area contributed by atoms with Gasteiger partial charge in [-0.1, -0.05) is 12.0 Å². The lowest BCUT2D eigenvalue weighted by Gasteiger charge is -2.06. The molecular weight excluding hydrogens is 176 g/mol. The summed E-state index contributed by atoms with van der Waals surface area (Å²) in [6.45, 7) is 3.84. The van der Waals surface area contributed by atoms with E-state index in [1.165, 1.54) is 0 Å². The van der Waals surface area contributed by atoms with Gasteiger partial charge in [0, 0.05) is 5.56 Å². The molecule has 0 aliphatic heterocycles. The first-order chi connectivity index (χ1) is 6.77. The van der Waals surface area contributed by atoms with Gasteiger partial charge >= 0.3 is 0 Å². The van der Waals surface area contributed by atoms with Crippen molar-refractivity contribution in [3.05, 3.63) is 36.4 Å². The van der Waals surface area contributed by atoms with E-state index < -0.39 is 0 Å². The van der Waals surface area contributed by atoms with Crippen LogP contribution in [0.2, 0.25) is 0 Å². The third kappa shape index (κ3) is 2.56. The average molecular weight is 188 g/mol. The van der Waals surface area contributed by atoms with Crippen LogP contribution in [0.15, 0.2) is 30.9 Å². The minimum atomic E-state index is 0.234. The molecule has 1 N–H and O–H groups in total. The molecule has 1 aromatic rings. The normalized spacial score (nSPS) is 9.07. The first-order valence-corrected chi connectivity index (χ1v) is 4.27. The highest BCUT2D eigenvalue weighted by molar-refractivity contribution is 5.40. The zero-order valence-electron chi connectivity index (χ0n) is 7.86. The van der Waals surface area contributed by atoms with E-state index in [4.69, 9.17) is 11.2 Å². The summed E-state index contributed by atoms with van der Waals surface area (Å²) in [4.78, 5) is 0. The summed E-state index contributed by atoms with van der Waals surface area (Å²) in [5, 5.41) is 9.45. The molecule has 1 rings (SSSR count). The fraction of sp³-hybridized carbons (Fsp3) is 0.167. The van der Waals surface area contributed by atoms with Crippen molar-refractivity contribution in [2.75, 3.05) is 6.61 Å². The number of phenols is 1. The van der Waals surface area contributed by atoms with Crippen LogP contribution in [0.4, 0.5) is 0 Å². The summed E-state index contributed by atoms with van der Waals surface area (Å²) in [5.74, 6) is 3.29. The summed E-state index contributed by atoms with van der Waals surface area (Å²) in [6.07, 6.45) is 7.39. The van der Waals surface area contributed by atoms with Gasteiger partial charge in [-0.05, 0) is 24.6 Å². The minimum Gasteiger partial charge on any atom is -0.508 e.